The summed E-state index contributed by atoms with van der Waals surface area (Å²) in [5.41, 5.74) is 1.72. The molecule has 27 heavy (non-hydrogen) atoms. The van der Waals surface area contributed by atoms with Gasteiger partial charge in [-0.05, 0) is 30.0 Å². The second kappa shape index (κ2) is 6.92. The number of aromatic amines is 1. The monoisotopic (exact) mass is 384 g/mol. The van der Waals surface area contributed by atoms with Gasteiger partial charge in [0, 0.05) is 42.2 Å². The fourth-order valence-corrected chi connectivity index (χ4v) is 3.42. The van der Waals surface area contributed by atoms with E-state index in [0.717, 1.165) is 23.9 Å². The molecule has 0 aliphatic carbocycles. The van der Waals surface area contributed by atoms with Crippen LogP contribution in [0.3, 0.4) is 0 Å². The summed E-state index contributed by atoms with van der Waals surface area (Å²) >= 11 is 6.10. The third-order valence-corrected chi connectivity index (χ3v) is 4.81. The van der Waals surface area contributed by atoms with Gasteiger partial charge in [0.15, 0.2) is 0 Å². The van der Waals surface area contributed by atoms with Gasteiger partial charge in [-0.1, -0.05) is 17.7 Å². The van der Waals surface area contributed by atoms with Crippen molar-refractivity contribution in [2.24, 2.45) is 0 Å². The Morgan fingerprint density at radius 3 is 2.93 bits per heavy atom. The predicted octanol–water partition coefficient (Wildman–Crippen LogP) is 3.16. The minimum Gasteiger partial charge on any atom is -0.465 e. The van der Waals surface area contributed by atoms with Gasteiger partial charge in [-0.15, -0.1) is 0 Å². The molecule has 0 radical (unpaired) electrons. The quantitative estimate of drug-likeness (QED) is 0.536. The van der Waals surface area contributed by atoms with Crippen LogP contribution >= 0.6 is 11.6 Å². The van der Waals surface area contributed by atoms with Gasteiger partial charge in [-0.3, -0.25) is 4.79 Å². The van der Waals surface area contributed by atoms with Crippen molar-refractivity contribution in [3.63, 3.8) is 0 Å². The summed E-state index contributed by atoms with van der Waals surface area (Å²) in [6, 6.07) is 7.86. The van der Waals surface area contributed by atoms with Gasteiger partial charge < -0.3 is 13.9 Å². The van der Waals surface area contributed by atoms with Crippen LogP contribution in [-0.4, -0.2) is 32.4 Å². The number of rotatable bonds is 5. The van der Waals surface area contributed by atoms with Crippen molar-refractivity contribution in [2.45, 2.75) is 19.5 Å². The highest BCUT2D eigenvalue weighted by Gasteiger charge is 2.21. The number of carbonyl (C=O) groups is 1. The molecule has 0 unspecified atom stereocenters. The van der Waals surface area contributed by atoms with Gasteiger partial charge in [-0.25, -0.2) is 9.89 Å². The lowest BCUT2D eigenvalue weighted by Gasteiger charge is -2.12. The summed E-state index contributed by atoms with van der Waals surface area (Å²) in [6.07, 6.45) is 6.21. The zero-order valence-electron chi connectivity index (χ0n) is 14.6. The number of halogens is 1. The average molecular weight is 385 g/mol. The maximum Gasteiger partial charge on any atom is 0.341 e. The summed E-state index contributed by atoms with van der Waals surface area (Å²) in [4.78, 5) is 24.0. The van der Waals surface area contributed by atoms with Crippen molar-refractivity contribution in [2.75, 3.05) is 7.11 Å². The van der Waals surface area contributed by atoms with Crippen molar-refractivity contribution in [1.82, 2.24) is 19.3 Å². The molecule has 0 amide bonds. The molecule has 4 rings (SSSR count). The Kier molecular flexibility index (Phi) is 4.45. The SMILES string of the molecule is COC(=O)c1cn(CCCn2ccc3ccc(Cl)cc32)cc2c(=O)[nH]nc1-2. The van der Waals surface area contributed by atoms with Crippen LogP contribution < -0.4 is 5.56 Å². The van der Waals surface area contributed by atoms with Crippen LogP contribution in [0.1, 0.15) is 16.8 Å². The molecule has 0 spiro atoms. The minimum atomic E-state index is -0.521. The maximum absolute atomic E-state index is 12.0. The number of carbonyl (C=O) groups excluding carboxylic acids is 1. The molecule has 1 aromatic heterocycles. The second-order valence-corrected chi connectivity index (χ2v) is 6.72. The van der Waals surface area contributed by atoms with Crippen molar-refractivity contribution in [3.8, 4) is 11.3 Å². The summed E-state index contributed by atoms with van der Waals surface area (Å²) in [6.45, 7) is 1.41. The fraction of sp³-hybridized carbons (Fsp3) is 0.211. The summed E-state index contributed by atoms with van der Waals surface area (Å²) in [7, 11) is 1.30. The predicted molar refractivity (Wildman–Crippen MR) is 102 cm³/mol. The first-order valence-electron chi connectivity index (χ1n) is 8.47. The smallest absolute Gasteiger partial charge is 0.341 e. The number of nitrogens with one attached hydrogen (secondary N) is 1. The standard InChI is InChI=1S/C19H17ClN4O3/c1-27-19(26)15-11-23(10-14-17(15)21-22-18(14)25)6-2-7-24-8-5-12-3-4-13(20)9-16(12)24/h3-5,8-11H,2,6-7H2,1H3,(H,22,25). The fourth-order valence-electron chi connectivity index (χ4n) is 3.25. The summed E-state index contributed by atoms with van der Waals surface area (Å²) in [5.74, 6) is -0.521. The van der Waals surface area contributed by atoms with E-state index in [0.29, 0.717) is 22.8 Å². The number of ether oxygens (including phenoxy) is 1. The van der Waals surface area contributed by atoms with Crippen LogP contribution in [-0.2, 0) is 17.8 Å². The summed E-state index contributed by atoms with van der Waals surface area (Å²) < 4.78 is 8.77. The number of hydrogen-bond donors (Lipinski definition) is 1. The number of methoxy groups -OCH3 is 1. The number of hydrogen-bond acceptors (Lipinski definition) is 4. The average Bonchev–Trinajstić information content (AvgIpc) is 3.24. The Morgan fingerprint density at radius 1 is 1.26 bits per heavy atom. The largest absolute Gasteiger partial charge is 0.465 e. The third kappa shape index (κ3) is 3.21. The van der Waals surface area contributed by atoms with E-state index in [1.54, 1.807) is 12.4 Å². The van der Waals surface area contributed by atoms with Crippen molar-refractivity contribution in [3.05, 3.63) is 63.8 Å². The lowest BCUT2D eigenvalue weighted by atomic mass is 10.1. The van der Waals surface area contributed by atoms with Crippen LogP contribution in [0.2, 0.25) is 5.02 Å². The van der Waals surface area contributed by atoms with Crippen molar-refractivity contribution >= 4 is 28.5 Å². The van der Waals surface area contributed by atoms with E-state index in [9.17, 15) is 9.59 Å². The zero-order chi connectivity index (χ0) is 19.0. The minimum absolute atomic E-state index is 0.270. The number of H-pyrrole nitrogens is 1. The number of nitrogens with zero attached hydrogens (tertiary/aromatic N) is 3. The van der Waals surface area contributed by atoms with E-state index < -0.39 is 5.97 Å². The number of aryl methyl sites for hydroxylation is 2. The molecular formula is C19H17ClN4O3. The molecule has 138 valence electrons. The normalized spacial score (nSPS) is 11.3. The number of benzene rings is 1. The van der Waals surface area contributed by atoms with Gasteiger partial charge in [0.25, 0.3) is 5.56 Å². The molecule has 3 heterocycles. The van der Waals surface area contributed by atoms with Gasteiger partial charge in [0.2, 0.25) is 0 Å². The topological polar surface area (TPSA) is 81.9 Å². The van der Waals surface area contributed by atoms with Crippen molar-refractivity contribution < 1.29 is 9.53 Å². The van der Waals surface area contributed by atoms with Crippen LogP contribution in [0, 0.1) is 0 Å². The molecule has 0 bridgehead atoms. The lowest BCUT2D eigenvalue weighted by Crippen LogP contribution is -2.13. The van der Waals surface area contributed by atoms with Crippen LogP contribution in [0.5, 0.6) is 0 Å². The first kappa shape index (κ1) is 17.4. The number of pyridine rings is 1. The highest BCUT2D eigenvalue weighted by molar-refractivity contribution is 6.31. The van der Waals surface area contributed by atoms with Gasteiger partial charge in [0.05, 0.1) is 12.7 Å². The Balaban J connectivity index is 1.57. The molecule has 2 aliphatic rings. The highest BCUT2D eigenvalue weighted by Crippen LogP contribution is 2.22. The molecule has 2 aromatic rings. The Morgan fingerprint density at radius 2 is 2.11 bits per heavy atom. The van der Waals surface area contributed by atoms with E-state index in [-0.39, 0.29) is 11.1 Å². The van der Waals surface area contributed by atoms with Crippen LogP contribution in [0.15, 0.2) is 47.7 Å². The van der Waals surface area contributed by atoms with E-state index in [1.807, 2.05) is 29.0 Å². The zero-order valence-corrected chi connectivity index (χ0v) is 15.4. The van der Waals surface area contributed by atoms with E-state index >= 15 is 0 Å². The molecule has 7 nitrogen and oxygen atoms in total. The van der Waals surface area contributed by atoms with Crippen LogP contribution in [0.25, 0.3) is 22.2 Å². The van der Waals surface area contributed by atoms with Gasteiger partial charge in [0.1, 0.15) is 11.3 Å². The number of fused-ring (bicyclic) bond motifs is 2. The Bertz CT molecular complexity index is 1160. The van der Waals surface area contributed by atoms with Crippen LogP contribution in [0.4, 0.5) is 0 Å². The third-order valence-electron chi connectivity index (χ3n) is 4.57. The number of aromatic nitrogens is 4. The molecule has 2 aliphatic heterocycles. The van der Waals surface area contributed by atoms with E-state index in [4.69, 9.17) is 16.3 Å². The molecule has 8 heteroatoms. The molecule has 0 saturated carbocycles. The molecular weight excluding hydrogens is 368 g/mol. The van der Waals surface area contributed by atoms with Crippen molar-refractivity contribution in [1.29, 1.82) is 0 Å². The lowest BCUT2D eigenvalue weighted by molar-refractivity contribution is 0.0600. The molecule has 0 atom stereocenters. The second-order valence-electron chi connectivity index (χ2n) is 6.28. The maximum atomic E-state index is 12.0. The first-order valence-corrected chi connectivity index (χ1v) is 8.85. The highest BCUT2D eigenvalue weighted by atomic mass is 35.5. The van der Waals surface area contributed by atoms with E-state index in [2.05, 4.69) is 20.8 Å². The van der Waals surface area contributed by atoms with Gasteiger partial charge >= 0.3 is 5.97 Å². The molecule has 0 saturated heterocycles. The van der Waals surface area contributed by atoms with Gasteiger partial charge in [-0.2, -0.15) is 5.10 Å². The summed E-state index contributed by atoms with van der Waals surface area (Å²) in [5, 5.41) is 8.14. The molecule has 0 fully saturated rings. The number of esters is 1. The van der Waals surface area contributed by atoms with E-state index in [1.165, 1.54) is 7.11 Å². The molecule has 1 N–H and O–H groups in total. The first-order chi connectivity index (χ1) is 13.1. The Hall–Kier alpha value is -3.06. The molecule has 1 aromatic carbocycles. The Labute approximate surface area is 159 Å².